The summed E-state index contributed by atoms with van der Waals surface area (Å²) in [7, 11) is 0. The molecule has 0 N–H and O–H groups in total. The van der Waals surface area contributed by atoms with E-state index in [2.05, 4.69) is 179 Å². The molecule has 4 nitrogen and oxygen atoms in total. The summed E-state index contributed by atoms with van der Waals surface area (Å²) >= 11 is 0. The third-order valence-electron chi connectivity index (χ3n) is 12.7. The monoisotopic (exact) mass is 724 g/mol. The zero-order chi connectivity index (χ0) is 38.0. The number of benzene rings is 7. The van der Waals surface area contributed by atoms with Crippen molar-refractivity contribution in [1.29, 1.82) is 0 Å². The molecule has 0 bridgehead atoms. The number of rotatable bonds is 1. The number of hydrogen-bond acceptors (Lipinski definition) is 3. The average molecular weight is 725 g/mol. The van der Waals surface area contributed by atoms with Crippen molar-refractivity contribution < 1.29 is 8.83 Å². The second kappa shape index (κ2) is 10.6. The summed E-state index contributed by atoms with van der Waals surface area (Å²) in [5, 5.41) is 7.12. The maximum atomic E-state index is 6.93. The second-order valence-electron chi connectivity index (χ2n) is 18.2. The summed E-state index contributed by atoms with van der Waals surface area (Å²) in [6.07, 6.45) is 0. The van der Waals surface area contributed by atoms with Crippen molar-refractivity contribution in [2.45, 2.75) is 59.3 Å². The molecule has 0 atom stereocenters. The standard InChI is InChI=1S/C51H41BN2O2/c1-28-23-37-45-40(22-20-34-32-14-9-11-18-44(32)56-49(34)45)54(41-16-12-15-33-31-13-8-10-17-43(31)55-48(33)41)52-38-27-30(51(5,6)7)26-36-35-25-29(50(2,3)4)19-21-39(35)53(47(36)38)42(24-28)46(37)52/h8-27H,1-7H3. The van der Waals surface area contributed by atoms with Crippen molar-refractivity contribution in [2.24, 2.45) is 0 Å². The van der Waals surface area contributed by atoms with Crippen molar-refractivity contribution in [1.82, 2.24) is 4.57 Å². The molecule has 0 amide bonds. The fourth-order valence-corrected chi connectivity index (χ4v) is 9.99. The summed E-state index contributed by atoms with van der Waals surface area (Å²) in [5.41, 5.74) is 18.3. The minimum atomic E-state index is -0.141. The highest BCUT2D eigenvalue weighted by molar-refractivity contribution is 6.94. The van der Waals surface area contributed by atoms with Gasteiger partial charge in [-0.05, 0) is 106 Å². The smallest absolute Gasteiger partial charge is 0.333 e. The van der Waals surface area contributed by atoms with Gasteiger partial charge in [0.1, 0.15) is 16.7 Å². The molecule has 3 aromatic heterocycles. The van der Waals surface area contributed by atoms with Gasteiger partial charge in [0.25, 0.3) is 0 Å². The van der Waals surface area contributed by atoms with E-state index in [0.717, 1.165) is 60.8 Å². The van der Waals surface area contributed by atoms with Gasteiger partial charge in [0.2, 0.25) is 0 Å². The highest BCUT2D eigenvalue weighted by Crippen LogP contribution is 2.51. The predicted octanol–water partition coefficient (Wildman–Crippen LogP) is 12.7. The highest BCUT2D eigenvalue weighted by Gasteiger charge is 2.46. The van der Waals surface area contributed by atoms with E-state index in [4.69, 9.17) is 8.83 Å². The quantitative estimate of drug-likeness (QED) is 0.158. The molecule has 7 aromatic carbocycles. The van der Waals surface area contributed by atoms with Gasteiger partial charge in [0.05, 0.1) is 16.7 Å². The van der Waals surface area contributed by atoms with Crippen LogP contribution < -0.4 is 15.7 Å². The number of aromatic nitrogens is 1. The second-order valence-corrected chi connectivity index (χ2v) is 18.2. The van der Waals surface area contributed by atoms with Crippen LogP contribution >= 0.6 is 0 Å². The van der Waals surface area contributed by atoms with Crippen LogP contribution in [0.4, 0.5) is 11.4 Å². The number of anilines is 2. The van der Waals surface area contributed by atoms with Gasteiger partial charge in [-0.25, -0.2) is 0 Å². The Hall–Kier alpha value is -6.20. The van der Waals surface area contributed by atoms with E-state index in [1.165, 1.54) is 60.7 Å². The molecule has 0 aliphatic carbocycles. The lowest BCUT2D eigenvalue weighted by atomic mass is 9.43. The Labute approximate surface area is 326 Å². The lowest BCUT2D eigenvalue weighted by molar-refractivity contribution is 0.590. The Morgan fingerprint density at radius 3 is 1.91 bits per heavy atom. The van der Waals surface area contributed by atoms with Crippen molar-refractivity contribution in [2.75, 3.05) is 4.81 Å². The molecule has 0 unspecified atom stereocenters. The van der Waals surface area contributed by atoms with E-state index in [-0.39, 0.29) is 17.7 Å². The third-order valence-corrected chi connectivity index (χ3v) is 12.7. The van der Waals surface area contributed by atoms with Gasteiger partial charge in [0, 0.05) is 49.3 Å². The molecular formula is C51H41BN2O2. The number of nitrogens with zero attached hydrogens (tertiary/aromatic N) is 2. The first-order chi connectivity index (χ1) is 27.0. The molecule has 0 fully saturated rings. The SMILES string of the molecule is Cc1cc2c3c(c1)-n1c4ccc(C(C)(C)C)cc4c4cc(C(C)(C)C)cc(c41)B3N(c1cccc3c1oc1ccccc13)c1ccc3c(oc4ccccc43)c1-2. The summed E-state index contributed by atoms with van der Waals surface area (Å²) in [5.74, 6) is 0. The Bertz CT molecular complexity index is 3360. The van der Waals surface area contributed by atoms with Crippen LogP contribution in [0.5, 0.6) is 0 Å². The number of aryl methyl sites for hydroxylation is 1. The Balaban J connectivity index is 1.30. The highest BCUT2D eigenvalue weighted by atomic mass is 16.3. The van der Waals surface area contributed by atoms with Gasteiger partial charge in [-0.1, -0.05) is 108 Å². The van der Waals surface area contributed by atoms with Gasteiger partial charge in [-0.3, -0.25) is 0 Å². The molecule has 12 rings (SSSR count). The molecular weight excluding hydrogens is 683 g/mol. The molecule has 5 heteroatoms. The van der Waals surface area contributed by atoms with E-state index in [1.807, 2.05) is 0 Å². The molecule has 270 valence electrons. The lowest BCUT2D eigenvalue weighted by Gasteiger charge is -2.42. The summed E-state index contributed by atoms with van der Waals surface area (Å²) in [6.45, 7) is 16.1. The van der Waals surface area contributed by atoms with Gasteiger partial charge in [0.15, 0.2) is 5.58 Å². The van der Waals surface area contributed by atoms with Crippen LogP contribution in [0.2, 0.25) is 0 Å². The normalized spacial score (nSPS) is 13.9. The minimum Gasteiger partial charge on any atom is -0.455 e. The van der Waals surface area contributed by atoms with Gasteiger partial charge < -0.3 is 18.2 Å². The van der Waals surface area contributed by atoms with Crippen LogP contribution in [0.25, 0.3) is 82.5 Å². The average Bonchev–Trinajstić information content (AvgIpc) is 3.85. The van der Waals surface area contributed by atoms with E-state index in [9.17, 15) is 0 Å². The molecule has 2 aliphatic heterocycles. The lowest BCUT2D eigenvalue weighted by Crippen LogP contribution is -2.61. The molecule has 10 aromatic rings. The van der Waals surface area contributed by atoms with Crippen LogP contribution in [0.15, 0.2) is 130 Å². The Morgan fingerprint density at radius 1 is 0.518 bits per heavy atom. The summed E-state index contributed by atoms with van der Waals surface area (Å²) in [4.78, 5) is 2.58. The van der Waals surface area contributed by atoms with Crippen molar-refractivity contribution in [3.63, 3.8) is 0 Å². The Kier molecular flexibility index (Phi) is 6.05. The molecule has 5 heterocycles. The van der Waals surface area contributed by atoms with Crippen molar-refractivity contribution in [3.05, 3.63) is 138 Å². The Morgan fingerprint density at radius 2 is 1.18 bits per heavy atom. The number of para-hydroxylation sites is 3. The molecule has 0 saturated heterocycles. The molecule has 0 spiro atoms. The van der Waals surface area contributed by atoms with Crippen molar-refractivity contribution in [3.8, 4) is 16.8 Å². The van der Waals surface area contributed by atoms with Gasteiger partial charge >= 0.3 is 6.85 Å². The molecule has 56 heavy (non-hydrogen) atoms. The van der Waals surface area contributed by atoms with E-state index in [1.54, 1.807) is 0 Å². The predicted molar refractivity (Wildman–Crippen MR) is 237 cm³/mol. The van der Waals surface area contributed by atoms with E-state index < -0.39 is 0 Å². The van der Waals surface area contributed by atoms with E-state index >= 15 is 0 Å². The first-order valence-corrected chi connectivity index (χ1v) is 19.9. The number of furan rings is 2. The van der Waals surface area contributed by atoms with Gasteiger partial charge in [-0.15, -0.1) is 0 Å². The fourth-order valence-electron chi connectivity index (χ4n) is 9.99. The van der Waals surface area contributed by atoms with Crippen LogP contribution in [-0.2, 0) is 10.8 Å². The van der Waals surface area contributed by atoms with Crippen LogP contribution in [0, 0.1) is 6.92 Å². The molecule has 0 saturated carbocycles. The number of fused-ring (bicyclic) bond motifs is 14. The first-order valence-electron chi connectivity index (χ1n) is 19.9. The number of hydrogen-bond donors (Lipinski definition) is 0. The van der Waals surface area contributed by atoms with E-state index in [0.29, 0.717) is 0 Å². The van der Waals surface area contributed by atoms with Crippen molar-refractivity contribution >= 4 is 94.8 Å². The largest absolute Gasteiger partial charge is 0.455 e. The maximum Gasteiger partial charge on any atom is 0.333 e. The first kappa shape index (κ1) is 32.1. The minimum absolute atomic E-state index is 0.0159. The molecule has 0 radical (unpaired) electrons. The van der Waals surface area contributed by atoms with Crippen LogP contribution in [-0.4, -0.2) is 11.4 Å². The van der Waals surface area contributed by atoms with Gasteiger partial charge in [-0.2, -0.15) is 0 Å². The zero-order valence-corrected chi connectivity index (χ0v) is 32.8. The summed E-state index contributed by atoms with van der Waals surface area (Å²) in [6, 6.07) is 45.0. The fraction of sp³-hybridized carbons (Fsp3) is 0.176. The topological polar surface area (TPSA) is 34.5 Å². The maximum absolute atomic E-state index is 6.93. The zero-order valence-electron chi connectivity index (χ0n) is 32.8. The summed E-state index contributed by atoms with van der Waals surface area (Å²) < 4.78 is 16.4. The molecule has 2 aliphatic rings. The third kappa shape index (κ3) is 4.10. The van der Waals surface area contributed by atoms with Crippen LogP contribution in [0.3, 0.4) is 0 Å². The van der Waals surface area contributed by atoms with Crippen LogP contribution in [0.1, 0.15) is 58.2 Å².